The predicted molar refractivity (Wildman–Crippen MR) is 83.8 cm³/mol. The number of ether oxygens (including phenoxy) is 1. The number of thiocarbonyl (C=S) groups is 1. The minimum atomic E-state index is -0.302. The number of hydrogen-bond donors (Lipinski definition) is 3. The second kappa shape index (κ2) is 6.56. The molecule has 0 saturated heterocycles. The molecule has 0 aliphatic heterocycles. The number of amides is 1. The molecule has 20 heavy (non-hydrogen) atoms. The molecule has 0 atom stereocenters. The van der Waals surface area contributed by atoms with Gasteiger partial charge < -0.3 is 10.1 Å². The van der Waals surface area contributed by atoms with Crippen LogP contribution in [-0.2, 0) is 0 Å². The van der Waals surface area contributed by atoms with Crippen molar-refractivity contribution in [3.63, 3.8) is 0 Å². The second-order valence-corrected chi connectivity index (χ2v) is 5.90. The third-order valence-electron chi connectivity index (χ3n) is 2.38. The average Bonchev–Trinajstić information content (AvgIpc) is 2.33. The van der Waals surface area contributed by atoms with Crippen LogP contribution < -0.4 is 20.9 Å². The fraction of sp³-hybridized carbons (Fsp3) is 0.429. The summed E-state index contributed by atoms with van der Waals surface area (Å²) >= 11 is 5.09. The second-order valence-electron chi connectivity index (χ2n) is 5.49. The first-order valence-corrected chi connectivity index (χ1v) is 6.67. The molecule has 0 radical (unpaired) electrons. The Hall–Kier alpha value is -1.82. The molecule has 0 saturated carbocycles. The Bertz CT molecular complexity index is 510. The summed E-state index contributed by atoms with van der Waals surface area (Å²) in [6.07, 6.45) is 0. The fourth-order valence-corrected chi connectivity index (χ4v) is 1.91. The zero-order chi connectivity index (χ0) is 15.3. The number of methoxy groups -OCH3 is 1. The summed E-state index contributed by atoms with van der Waals surface area (Å²) < 4.78 is 5.17. The molecule has 110 valence electrons. The van der Waals surface area contributed by atoms with E-state index in [0.29, 0.717) is 16.4 Å². The summed E-state index contributed by atoms with van der Waals surface area (Å²) in [5.41, 5.74) is 6.49. The van der Waals surface area contributed by atoms with Gasteiger partial charge in [-0.2, -0.15) is 0 Å². The molecule has 0 spiro atoms. The number of nitrogens with one attached hydrogen (secondary N) is 3. The number of carbonyl (C=O) groups is 1. The Balaban J connectivity index is 2.68. The molecular formula is C14H21N3O2S. The van der Waals surface area contributed by atoms with Crippen molar-refractivity contribution < 1.29 is 9.53 Å². The lowest BCUT2D eigenvalue weighted by Gasteiger charge is -2.23. The van der Waals surface area contributed by atoms with E-state index in [2.05, 4.69) is 16.2 Å². The number of hydrogen-bond acceptors (Lipinski definition) is 3. The van der Waals surface area contributed by atoms with Crippen molar-refractivity contribution in [1.29, 1.82) is 0 Å². The topological polar surface area (TPSA) is 62.4 Å². The highest BCUT2D eigenvalue weighted by molar-refractivity contribution is 7.80. The maximum Gasteiger partial charge on any atom is 0.273 e. The number of carbonyl (C=O) groups excluding carboxylic acids is 1. The van der Waals surface area contributed by atoms with E-state index in [-0.39, 0.29) is 11.4 Å². The maximum atomic E-state index is 12.1. The molecule has 0 aliphatic rings. The summed E-state index contributed by atoms with van der Waals surface area (Å²) in [7, 11) is 1.53. The van der Waals surface area contributed by atoms with Gasteiger partial charge in [0.1, 0.15) is 5.75 Å². The third-order valence-corrected chi connectivity index (χ3v) is 2.58. The molecule has 1 amide bonds. The number of aryl methyl sites for hydroxylation is 1. The van der Waals surface area contributed by atoms with Gasteiger partial charge in [-0.05, 0) is 52.0 Å². The van der Waals surface area contributed by atoms with E-state index in [1.165, 1.54) is 7.11 Å². The van der Waals surface area contributed by atoms with E-state index in [1.807, 2.05) is 33.8 Å². The van der Waals surface area contributed by atoms with Gasteiger partial charge in [0.25, 0.3) is 5.91 Å². The first-order valence-electron chi connectivity index (χ1n) is 6.26. The van der Waals surface area contributed by atoms with Gasteiger partial charge >= 0.3 is 0 Å². The number of benzene rings is 1. The quantitative estimate of drug-likeness (QED) is 0.575. The first-order chi connectivity index (χ1) is 9.23. The molecule has 0 aromatic heterocycles. The highest BCUT2D eigenvalue weighted by atomic mass is 32.1. The summed E-state index contributed by atoms with van der Waals surface area (Å²) in [6.45, 7) is 7.85. The van der Waals surface area contributed by atoms with Crippen LogP contribution in [0.2, 0.25) is 0 Å². The molecule has 3 N–H and O–H groups in total. The number of hydrazine groups is 1. The van der Waals surface area contributed by atoms with Crippen molar-refractivity contribution in [2.45, 2.75) is 33.2 Å². The van der Waals surface area contributed by atoms with Gasteiger partial charge in [0.15, 0.2) is 5.11 Å². The van der Waals surface area contributed by atoms with Crippen molar-refractivity contribution in [2.24, 2.45) is 0 Å². The van der Waals surface area contributed by atoms with Crippen LogP contribution in [-0.4, -0.2) is 23.7 Å². The monoisotopic (exact) mass is 295 g/mol. The molecule has 0 fully saturated rings. The summed E-state index contributed by atoms with van der Waals surface area (Å²) in [5, 5.41) is 3.40. The first kappa shape index (κ1) is 16.2. The lowest BCUT2D eigenvalue weighted by atomic mass is 10.1. The fourth-order valence-electron chi connectivity index (χ4n) is 1.55. The molecular weight excluding hydrogens is 274 g/mol. The minimum Gasteiger partial charge on any atom is -0.496 e. The molecule has 0 unspecified atom stereocenters. The van der Waals surface area contributed by atoms with Crippen LogP contribution in [0.15, 0.2) is 18.2 Å². The Morgan fingerprint density at radius 1 is 1.25 bits per heavy atom. The Morgan fingerprint density at radius 2 is 1.90 bits per heavy atom. The zero-order valence-electron chi connectivity index (χ0n) is 12.5. The molecule has 0 heterocycles. The predicted octanol–water partition coefficient (Wildman–Crippen LogP) is 1.91. The summed E-state index contributed by atoms with van der Waals surface area (Å²) in [4.78, 5) is 12.1. The molecule has 1 rings (SSSR count). The van der Waals surface area contributed by atoms with Gasteiger partial charge in [-0.25, -0.2) is 0 Å². The van der Waals surface area contributed by atoms with Gasteiger partial charge in [0, 0.05) is 5.54 Å². The molecule has 6 heteroatoms. The van der Waals surface area contributed by atoms with Gasteiger partial charge in [-0.1, -0.05) is 11.6 Å². The Labute approximate surface area is 125 Å². The van der Waals surface area contributed by atoms with Crippen molar-refractivity contribution >= 4 is 23.2 Å². The van der Waals surface area contributed by atoms with E-state index in [4.69, 9.17) is 17.0 Å². The molecule has 1 aromatic carbocycles. The lowest BCUT2D eigenvalue weighted by molar-refractivity contribution is 0.0940. The minimum absolute atomic E-state index is 0.171. The summed E-state index contributed by atoms with van der Waals surface area (Å²) in [5.74, 6) is 0.216. The number of rotatable bonds is 2. The van der Waals surface area contributed by atoms with E-state index in [9.17, 15) is 4.79 Å². The highest BCUT2D eigenvalue weighted by Crippen LogP contribution is 2.19. The smallest absolute Gasteiger partial charge is 0.273 e. The zero-order valence-corrected chi connectivity index (χ0v) is 13.3. The van der Waals surface area contributed by atoms with Gasteiger partial charge in [0.2, 0.25) is 0 Å². The Morgan fingerprint density at radius 3 is 2.45 bits per heavy atom. The maximum absolute atomic E-state index is 12.1. The molecule has 1 aromatic rings. The average molecular weight is 295 g/mol. The van der Waals surface area contributed by atoms with E-state index < -0.39 is 0 Å². The standard InChI is InChI=1S/C14H21N3O2S/c1-9-6-7-11(19-5)10(8-9)12(18)16-17-13(20)15-14(2,3)4/h6-8H,1-5H3,(H,16,18)(H2,15,17,20). The van der Waals surface area contributed by atoms with Crippen LogP contribution >= 0.6 is 12.2 Å². The molecule has 0 bridgehead atoms. The van der Waals surface area contributed by atoms with Gasteiger partial charge in [-0.3, -0.25) is 15.6 Å². The molecule has 0 aliphatic carbocycles. The van der Waals surface area contributed by atoms with Crippen LogP contribution in [0.1, 0.15) is 36.7 Å². The van der Waals surface area contributed by atoms with E-state index in [1.54, 1.807) is 12.1 Å². The van der Waals surface area contributed by atoms with Gasteiger partial charge in [0.05, 0.1) is 12.7 Å². The van der Waals surface area contributed by atoms with E-state index >= 15 is 0 Å². The van der Waals surface area contributed by atoms with Crippen LogP contribution in [0.3, 0.4) is 0 Å². The normalized spacial score (nSPS) is 10.7. The molecule has 5 nitrogen and oxygen atoms in total. The van der Waals surface area contributed by atoms with Gasteiger partial charge in [-0.15, -0.1) is 0 Å². The third kappa shape index (κ3) is 5.05. The van der Waals surface area contributed by atoms with Crippen molar-refractivity contribution in [3.05, 3.63) is 29.3 Å². The van der Waals surface area contributed by atoms with Crippen molar-refractivity contribution in [2.75, 3.05) is 7.11 Å². The largest absolute Gasteiger partial charge is 0.496 e. The Kier molecular flexibility index (Phi) is 5.33. The lowest BCUT2D eigenvalue weighted by Crippen LogP contribution is -2.52. The van der Waals surface area contributed by atoms with Crippen molar-refractivity contribution in [1.82, 2.24) is 16.2 Å². The SMILES string of the molecule is COc1ccc(C)cc1C(=O)NNC(=S)NC(C)(C)C. The van der Waals surface area contributed by atoms with Crippen LogP contribution in [0, 0.1) is 6.92 Å². The van der Waals surface area contributed by atoms with E-state index in [0.717, 1.165) is 5.56 Å². The summed E-state index contributed by atoms with van der Waals surface area (Å²) in [6, 6.07) is 5.40. The van der Waals surface area contributed by atoms with Crippen LogP contribution in [0.5, 0.6) is 5.75 Å². The van der Waals surface area contributed by atoms with Crippen molar-refractivity contribution in [3.8, 4) is 5.75 Å². The van der Waals surface area contributed by atoms with Crippen LogP contribution in [0.25, 0.3) is 0 Å². The highest BCUT2D eigenvalue weighted by Gasteiger charge is 2.14. The van der Waals surface area contributed by atoms with Crippen LogP contribution in [0.4, 0.5) is 0 Å².